The first-order valence-electron chi connectivity index (χ1n) is 8.79. The zero-order chi connectivity index (χ0) is 17.4. The summed E-state index contributed by atoms with van der Waals surface area (Å²) in [5.41, 5.74) is 3.78. The summed E-state index contributed by atoms with van der Waals surface area (Å²) in [5, 5.41) is 20.0. The van der Waals surface area contributed by atoms with Crippen LogP contribution in [0.3, 0.4) is 0 Å². The zero-order valence-corrected chi connectivity index (χ0v) is 14.7. The Morgan fingerprint density at radius 3 is 2.88 bits per heavy atom. The van der Waals surface area contributed by atoms with Gasteiger partial charge in [-0.1, -0.05) is 30.3 Å². The molecule has 1 saturated heterocycles. The van der Waals surface area contributed by atoms with Crippen LogP contribution >= 0.6 is 0 Å². The van der Waals surface area contributed by atoms with Crippen molar-refractivity contribution in [3.05, 3.63) is 47.9 Å². The molecule has 1 aliphatic rings. The number of aliphatic hydroxyl groups is 1. The van der Waals surface area contributed by atoms with E-state index in [1.54, 1.807) is 17.1 Å². The second kappa shape index (κ2) is 6.11. The number of aromatic nitrogens is 4. The molecule has 6 heteroatoms. The van der Waals surface area contributed by atoms with Gasteiger partial charge in [-0.2, -0.15) is 0 Å². The minimum Gasteiger partial charge on any atom is -0.386 e. The van der Waals surface area contributed by atoms with Gasteiger partial charge in [0.1, 0.15) is 5.60 Å². The van der Waals surface area contributed by atoms with Gasteiger partial charge < -0.3 is 10.0 Å². The Bertz CT molecular complexity index is 892. The molecule has 0 bridgehead atoms. The van der Waals surface area contributed by atoms with Crippen molar-refractivity contribution in [1.29, 1.82) is 0 Å². The third kappa shape index (κ3) is 2.87. The molecule has 0 saturated carbocycles. The summed E-state index contributed by atoms with van der Waals surface area (Å²) in [6.07, 6.45) is 5.08. The van der Waals surface area contributed by atoms with Crippen molar-refractivity contribution in [1.82, 2.24) is 20.0 Å². The van der Waals surface area contributed by atoms with Crippen molar-refractivity contribution < 1.29 is 5.11 Å². The number of benzene rings is 1. The van der Waals surface area contributed by atoms with Crippen molar-refractivity contribution in [2.75, 3.05) is 18.0 Å². The van der Waals surface area contributed by atoms with Crippen molar-refractivity contribution >= 4 is 16.6 Å². The Morgan fingerprint density at radius 1 is 1.28 bits per heavy atom. The smallest absolute Gasteiger partial charge is 0.103 e. The molecule has 3 aromatic rings. The number of rotatable bonds is 4. The minimum atomic E-state index is -0.795. The molecule has 6 nitrogen and oxygen atoms in total. The van der Waals surface area contributed by atoms with Gasteiger partial charge in [-0.15, -0.1) is 5.10 Å². The van der Waals surface area contributed by atoms with Crippen LogP contribution in [0, 0.1) is 6.92 Å². The second-order valence-electron chi connectivity index (χ2n) is 6.89. The quantitative estimate of drug-likeness (QED) is 0.791. The highest BCUT2D eigenvalue weighted by molar-refractivity contribution is 5.94. The lowest BCUT2D eigenvalue weighted by Crippen LogP contribution is -2.38. The van der Waals surface area contributed by atoms with Gasteiger partial charge >= 0.3 is 0 Å². The normalized spacial score (nSPS) is 20.5. The summed E-state index contributed by atoms with van der Waals surface area (Å²) in [6.45, 7) is 6.12. The zero-order valence-electron chi connectivity index (χ0n) is 14.7. The number of pyridine rings is 1. The third-order valence-electron chi connectivity index (χ3n) is 5.10. The SMILES string of the molecule is CCc1c(C)nc2ccccc2c1N1CCC(O)(Cn2ccnn2)C1. The fourth-order valence-electron chi connectivity index (χ4n) is 3.93. The van der Waals surface area contributed by atoms with E-state index < -0.39 is 5.60 Å². The molecule has 1 unspecified atom stereocenters. The maximum atomic E-state index is 11.1. The van der Waals surface area contributed by atoms with Crippen LogP contribution in [-0.2, 0) is 13.0 Å². The van der Waals surface area contributed by atoms with Crippen LogP contribution in [0.15, 0.2) is 36.7 Å². The van der Waals surface area contributed by atoms with E-state index in [0.717, 1.165) is 29.6 Å². The van der Waals surface area contributed by atoms with Gasteiger partial charge in [-0.3, -0.25) is 4.98 Å². The van der Waals surface area contributed by atoms with E-state index >= 15 is 0 Å². The average molecular weight is 337 g/mol. The number of aryl methyl sites for hydroxylation is 1. The highest BCUT2D eigenvalue weighted by atomic mass is 16.3. The van der Waals surface area contributed by atoms with Crippen molar-refractivity contribution in [2.24, 2.45) is 0 Å². The van der Waals surface area contributed by atoms with Crippen LogP contribution < -0.4 is 4.90 Å². The molecule has 0 radical (unpaired) electrons. The Balaban J connectivity index is 1.73. The fourth-order valence-corrected chi connectivity index (χ4v) is 3.93. The highest BCUT2D eigenvalue weighted by Gasteiger charge is 2.38. The molecular formula is C19H23N5O. The van der Waals surface area contributed by atoms with Gasteiger partial charge in [0, 0.05) is 30.4 Å². The lowest BCUT2D eigenvalue weighted by molar-refractivity contribution is 0.0409. The van der Waals surface area contributed by atoms with Crippen LogP contribution in [0.25, 0.3) is 10.9 Å². The average Bonchev–Trinajstić information content (AvgIpc) is 3.23. The standard InChI is InChI=1S/C19H23N5O/c1-3-15-14(2)21-17-7-5-4-6-16(17)18(15)23-10-8-19(25,12-23)13-24-11-9-20-22-24/h4-7,9,11,25H,3,8,10,12-13H2,1-2H3. The van der Waals surface area contributed by atoms with E-state index in [-0.39, 0.29) is 0 Å². The Hall–Kier alpha value is -2.47. The van der Waals surface area contributed by atoms with E-state index in [1.807, 2.05) is 6.07 Å². The van der Waals surface area contributed by atoms with E-state index in [4.69, 9.17) is 4.98 Å². The lowest BCUT2D eigenvalue weighted by Gasteiger charge is -2.27. The van der Waals surface area contributed by atoms with Crippen LogP contribution in [0.1, 0.15) is 24.6 Å². The summed E-state index contributed by atoms with van der Waals surface area (Å²) in [5.74, 6) is 0. The molecule has 0 aliphatic carbocycles. The van der Waals surface area contributed by atoms with E-state index in [0.29, 0.717) is 19.5 Å². The number of hydrogen-bond donors (Lipinski definition) is 1. The number of anilines is 1. The molecule has 0 amide bonds. The largest absolute Gasteiger partial charge is 0.386 e. The number of para-hydroxylation sites is 1. The van der Waals surface area contributed by atoms with Gasteiger partial charge in [0.25, 0.3) is 0 Å². The highest BCUT2D eigenvalue weighted by Crippen LogP contribution is 2.36. The lowest BCUT2D eigenvalue weighted by atomic mass is 10.0. The van der Waals surface area contributed by atoms with Crippen LogP contribution in [-0.4, -0.2) is 43.8 Å². The Morgan fingerprint density at radius 2 is 2.12 bits per heavy atom. The van der Waals surface area contributed by atoms with Crippen molar-refractivity contribution in [3.8, 4) is 0 Å². The summed E-state index contributed by atoms with van der Waals surface area (Å²) >= 11 is 0. The van der Waals surface area contributed by atoms with E-state index in [9.17, 15) is 5.11 Å². The molecule has 25 heavy (non-hydrogen) atoms. The molecule has 130 valence electrons. The number of fused-ring (bicyclic) bond motifs is 1. The Labute approximate surface area is 147 Å². The van der Waals surface area contributed by atoms with E-state index in [1.165, 1.54) is 11.3 Å². The maximum absolute atomic E-state index is 11.1. The van der Waals surface area contributed by atoms with Gasteiger partial charge in [-0.25, -0.2) is 4.68 Å². The molecule has 2 aromatic heterocycles. The predicted molar refractivity (Wildman–Crippen MR) is 97.7 cm³/mol. The maximum Gasteiger partial charge on any atom is 0.103 e. The van der Waals surface area contributed by atoms with Crippen molar-refractivity contribution in [2.45, 2.75) is 38.8 Å². The molecule has 1 N–H and O–H groups in total. The fraction of sp³-hybridized carbons (Fsp3) is 0.421. The first-order chi connectivity index (χ1) is 12.1. The number of hydrogen-bond acceptors (Lipinski definition) is 5. The minimum absolute atomic E-state index is 0.465. The topological polar surface area (TPSA) is 67.1 Å². The second-order valence-corrected chi connectivity index (χ2v) is 6.89. The molecule has 1 atom stereocenters. The van der Waals surface area contributed by atoms with Gasteiger partial charge in [0.05, 0.1) is 23.9 Å². The van der Waals surface area contributed by atoms with Gasteiger partial charge in [0.15, 0.2) is 0 Å². The predicted octanol–water partition coefficient (Wildman–Crippen LogP) is 2.34. The van der Waals surface area contributed by atoms with Crippen LogP contribution in [0.5, 0.6) is 0 Å². The molecule has 0 spiro atoms. The molecule has 1 aliphatic heterocycles. The summed E-state index contributed by atoms with van der Waals surface area (Å²) in [4.78, 5) is 7.08. The van der Waals surface area contributed by atoms with Crippen LogP contribution in [0.2, 0.25) is 0 Å². The molecule has 1 fully saturated rings. The first-order valence-corrected chi connectivity index (χ1v) is 8.79. The Kier molecular flexibility index (Phi) is 3.92. The number of nitrogens with zero attached hydrogens (tertiary/aromatic N) is 5. The van der Waals surface area contributed by atoms with E-state index in [2.05, 4.69) is 47.3 Å². The molecule has 1 aromatic carbocycles. The number of β-amino-alcohol motifs (C(OH)–C–C–N with tert-alkyl or cyclic N) is 1. The van der Waals surface area contributed by atoms with Crippen LogP contribution in [0.4, 0.5) is 5.69 Å². The first kappa shape index (κ1) is 16.0. The van der Waals surface area contributed by atoms with Crippen molar-refractivity contribution in [3.63, 3.8) is 0 Å². The van der Waals surface area contributed by atoms with Gasteiger partial charge in [-0.05, 0) is 31.4 Å². The monoisotopic (exact) mass is 337 g/mol. The molecule has 4 rings (SSSR count). The summed E-state index contributed by atoms with van der Waals surface area (Å²) in [6, 6.07) is 8.27. The van der Waals surface area contributed by atoms with Gasteiger partial charge in [0.2, 0.25) is 0 Å². The molecular weight excluding hydrogens is 314 g/mol. The molecule has 3 heterocycles. The summed E-state index contributed by atoms with van der Waals surface area (Å²) < 4.78 is 1.71. The summed E-state index contributed by atoms with van der Waals surface area (Å²) in [7, 11) is 0. The third-order valence-corrected chi connectivity index (χ3v) is 5.10.